The minimum atomic E-state index is -0.685. The highest BCUT2D eigenvalue weighted by atomic mass is 16.2. The second-order valence-electron chi connectivity index (χ2n) is 6.57. The van der Waals surface area contributed by atoms with Gasteiger partial charge in [-0.3, -0.25) is 4.79 Å². The Morgan fingerprint density at radius 1 is 1.12 bits per heavy atom. The molecule has 0 fully saturated rings. The van der Waals surface area contributed by atoms with Crippen molar-refractivity contribution in [2.24, 2.45) is 5.73 Å². The zero-order valence-electron chi connectivity index (χ0n) is 14.1. The van der Waals surface area contributed by atoms with Crippen LogP contribution in [-0.4, -0.2) is 15.5 Å². The van der Waals surface area contributed by atoms with Crippen LogP contribution in [0.4, 0.5) is 5.69 Å². The maximum absolute atomic E-state index is 12.4. The van der Waals surface area contributed by atoms with Gasteiger partial charge in [0, 0.05) is 18.7 Å². The molecule has 0 saturated heterocycles. The number of aromatic nitrogens is 2. The van der Waals surface area contributed by atoms with E-state index in [1.54, 1.807) is 0 Å². The first-order valence-corrected chi connectivity index (χ1v) is 8.83. The molecule has 1 aliphatic heterocycles. The predicted molar refractivity (Wildman–Crippen MR) is 99.3 cm³/mol. The van der Waals surface area contributed by atoms with Crippen LogP contribution in [0.2, 0.25) is 0 Å². The third-order valence-corrected chi connectivity index (χ3v) is 4.82. The van der Waals surface area contributed by atoms with Gasteiger partial charge in [-0.25, -0.2) is 4.98 Å². The number of hydrogen-bond acceptors (Lipinski definition) is 3. The van der Waals surface area contributed by atoms with E-state index in [4.69, 9.17) is 10.7 Å². The number of anilines is 1. The lowest BCUT2D eigenvalue weighted by Crippen LogP contribution is -2.27. The first kappa shape index (κ1) is 15.8. The Hall–Kier alpha value is -2.66. The number of imidazole rings is 1. The van der Waals surface area contributed by atoms with Gasteiger partial charge < -0.3 is 15.6 Å². The molecule has 25 heavy (non-hydrogen) atoms. The number of rotatable bonds is 3. The number of fused-ring (bicyclic) bond motifs is 3. The molecule has 1 atom stereocenters. The minimum Gasteiger partial charge on any atom is -0.328 e. The molecule has 0 bridgehead atoms. The van der Waals surface area contributed by atoms with Crippen molar-refractivity contribution in [1.29, 1.82) is 0 Å². The average Bonchev–Trinajstić information content (AvgIpc) is 2.82. The van der Waals surface area contributed by atoms with Crippen LogP contribution in [0.1, 0.15) is 36.7 Å². The molecule has 1 aliphatic rings. The summed E-state index contributed by atoms with van der Waals surface area (Å²) < 4.78 is 2.31. The van der Waals surface area contributed by atoms with Crippen LogP contribution >= 0.6 is 0 Å². The Kier molecular flexibility index (Phi) is 4.24. The van der Waals surface area contributed by atoms with Crippen molar-refractivity contribution in [2.75, 3.05) is 5.32 Å². The second kappa shape index (κ2) is 6.69. The fourth-order valence-corrected chi connectivity index (χ4v) is 3.46. The van der Waals surface area contributed by atoms with Gasteiger partial charge in [0.25, 0.3) is 0 Å². The molecular weight excluding hydrogens is 312 g/mol. The van der Waals surface area contributed by atoms with Crippen molar-refractivity contribution >= 4 is 22.6 Å². The number of nitrogens with one attached hydrogen (secondary N) is 1. The Bertz CT molecular complexity index is 901. The number of nitrogens with zero attached hydrogens (tertiary/aromatic N) is 2. The zero-order chi connectivity index (χ0) is 17.2. The van der Waals surface area contributed by atoms with E-state index in [9.17, 15) is 4.79 Å². The molecule has 0 saturated carbocycles. The van der Waals surface area contributed by atoms with Crippen LogP contribution in [0, 0.1) is 0 Å². The van der Waals surface area contributed by atoms with E-state index in [0.717, 1.165) is 41.1 Å². The minimum absolute atomic E-state index is 0.216. The van der Waals surface area contributed by atoms with Crippen molar-refractivity contribution in [3.63, 3.8) is 0 Å². The smallest absolute Gasteiger partial charge is 0.245 e. The highest BCUT2D eigenvalue weighted by Crippen LogP contribution is 2.25. The summed E-state index contributed by atoms with van der Waals surface area (Å²) in [5.74, 6) is 0.934. The predicted octanol–water partition coefficient (Wildman–Crippen LogP) is 3.40. The molecule has 3 N–H and O–H groups in total. The number of nitrogens with two attached hydrogens (primary N) is 1. The van der Waals surface area contributed by atoms with Gasteiger partial charge in [-0.15, -0.1) is 0 Å². The van der Waals surface area contributed by atoms with Crippen LogP contribution in [0.5, 0.6) is 0 Å². The summed E-state index contributed by atoms with van der Waals surface area (Å²) in [6.07, 6.45) is 4.67. The lowest BCUT2D eigenvalue weighted by molar-refractivity contribution is -0.117. The summed E-state index contributed by atoms with van der Waals surface area (Å²) in [4.78, 5) is 17.2. The first-order valence-electron chi connectivity index (χ1n) is 8.83. The molecule has 2 heterocycles. The zero-order valence-corrected chi connectivity index (χ0v) is 14.1. The molecule has 3 aromatic rings. The van der Waals surface area contributed by atoms with E-state index in [-0.39, 0.29) is 5.91 Å². The monoisotopic (exact) mass is 334 g/mol. The fraction of sp³-hybridized carbons (Fsp3) is 0.300. The lowest BCUT2D eigenvalue weighted by atomic mass is 10.1. The molecule has 1 amide bonds. The van der Waals surface area contributed by atoms with Gasteiger partial charge in [0.05, 0.1) is 11.0 Å². The van der Waals surface area contributed by atoms with Gasteiger partial charge in [0.15, 0.2) is 0 Å². The van der Waals surface area contributed by atoms with Crippen molar-refractivity contribution in [3.8, 4) is 0 Å². The SMILES string of the molecule is NC(C(=O)Nc1ccc2c(c1)nc1n2CCCCC1)c1ccccc1. The molecule has 1 aromatic heterocycles. The van der Waals surface area contributed by atoms with Gasteiger partial charge in [0.2, 0.25) is 5.91 Å². The van der Waals surface area contributed by atoms with Crippen molar-refractivity contribution < 1.29 is 4.79 Å². The first-order chi connectivity index (χ1) is 12.2. The molecule has 0 aliphatic carbocycles. The summed E-state index contributed by atoms with van der Waals surface area (Å²) in [6.45, 7) is 1.02. The average molecular weight is 334 g/mol. The molecule has 0 radical (unpaired) electrons. The highest BCUT2D eigenvalue weighted by Gasteiger charge is 2.17. The van der Waals surface area contributed by atoms with E-state index in [1.807, 2.05) is 48.5 Å². The highest BCUT2D eigenvalue weighted by molar-refractivity contribution is 5.97. The number of carbonyl (C=O) groups is 1. The van der Waals surface area contributed by atoms with E-state index >= 15 is 0 Å². The number of amides is 1. The van der Waals surface area contributed by atoms with Crippen molar-refractivity contribution in [2.45, 2.75) is 38.3 Å². The maximum Gasteiger partial charge on any atom is 0.245 e. The Morgan fingerprint density at radius 3 is 2.80 bits per heavy atom. The Morgan fingerprint density at radius 2 is 1.96 bits per heavy atom. The molecule has 0 spiro atoms. The maximum atomic E-state index is 12.4. The topological polar surface area (TPSA) is 72.9 Å². The second-order valence-corrected chi connectivity index (χ2v) is 6.57. The number of carbonyl (C=O) groups excluding carboxylic acids is 1. The van der Waals surface area contributed by atoms with Crippen LogP contribution in [-0.2, 0) is 17.8 Å². The molecule has 5 nitrogen and oxygen atoms in total. The van der Waals surface area contributed by atoms with Crippen molar-refractivity contribution in [1.82, 2.24) is 9.55 Å². The van der Waals surface area contributed by atoms with E-state index < -0.39 is 6.04 Å². The molecule has 1 unspecified atom stereocenters. The third kappa shape index (κ3) is 3.15. The lowest BCUT2D eigenvalue weighted by Gasteiger charge is -2.12. The number of hydrogen-bond donors (Lipinski definition) is 2. The number of benzene rings is 2. The summed E-state index contributed by atoms with van der Waals surface area (Å²) in [5.41, 5.74) is 9.67. The van der Waals surface area contributed by atoms with Crippen LogP contribution in [0.3, 0.4) is 0 Å². The van der Waals surface area contributed by atoms with Crippen LogP contribution in [0.25, 0.3) is 11.0 Å². The van der Waals surface area contributed by atoms with Gasteiger partial charge >= 0.3 is 0 Å². The van der Waals surface area contributed by atoms with Gasteiger partial charge in [-0.05, 0) is 36.6 Å². The quantitative estimate of drug-likeness (QED) is 0.771. The fourth-order valence-electron chi connectivity index (χ4n) is 3.46. The Labute approximate surface area is 146 Å². The molecule has 4 rings (SSSR count). The number of aryl methyl sites for hydroxylation is 2. The van der Waals surface area contributed by atoms with E-state index in [2.05, 4.69) is 9.88 Å². The van der Waals surface area contributed by atoms with Crippen LogP contribution in [0.15, 0.2) is 48.5 Å². The summed E-state index contributed by atoms with van der Waals surface area (Å²) >= 11 is 0. The van der Waals surface area contributed by atoms with E-state index in [1.165, 1.54) is 19.3 Å². The largest absolute Gasteiger partial charge is 0.328 e. The molecule has 5 heteroatoms. The summed E-state index contributed by atoms with van der Waals surface area (Å²) in [6, 6.07) is 14.6. The standard InChI is InChI=1S/C20H22N4O/c21-19(14-7-3-1-4-8-14)20(25)22-15-10-11-17-16(13-15)23-18-9-5-2-6-12-24(17)18/h1,3-4,7-8,10-11,13,19H,2,5-6,9,12,21H2,(H,22,25). The summed E-state index contributed by atoms with van der Waals surface area (Å²) in [7, 11) is 0. The molecule has 2 aromatic carbocycles. The third-order valence-electron chi connectivity index (χ3n) is 4.82. The van der Waals surface area contributed by atoms with Crippen molar-refractivity contribution in [3.05, 3.63) is 59.9 Å². The normalized spacial score (nSPS) is 15.4. The van der Waals surface area contributed by atoms with Gasteiger partial charge in [-0.2, -0.15) is 0 Å². The van der Waals surface area contributed by atoms with Gasteiger partial charge in [-0.1, -0.05) is 36.8 Å². The van der Waals surface area contributed by atoms with Crippen LogP contribution < -0.4 is 11.1 Å². The molecule has 128 valence electrons. The summed E-state index contributed by atoms with van der Waals surface area (Å²) in [5, 5.41) is 2.91. The Balaban J connectivity index is 1.57. The van der Waals surface area contributed by atoms with Gasteiger partial charge in [0.1, 0.15) is 11.9 Å². The molecular formula is C20H22N4O. The van der Waals surface area contributed by atoms with E-state index in [0.29, 0.717) is 0 Å².